The van der Waals surface area contributed by atoms with Gasteiger partial charge in [-0.1, -0.05) is 28.1 Å². The summed E-state index contributed by atoms with van der Waals surface area (Å²) in [6.07, 6.45) is 1.61. The average molecular weight is 510 g/mol. The number of benzene rings is 2. The lowest BCUT2D eigenvalue weighted by Crippen LogP contribution is -2.25. The third-order valence-corrected chi connectivity index (χ3v) is 5.14. The molecule has 2 aromatic rings. The fourth-order valence-electron chi connectivity index (χ4n) is 2.60. The van der Waals surface area contributed by atoms with Crippen molar-refractivity contribution < 1.29 is 19.1 Å². The van der Waals surface area contributed by atoms with Gasteiger partial charge in [-0.25, -0.2) is 4.79 Å². The van der Waals surface area contributed by atoms with E-state index in [2.05, 4.69) is 37.2 Å². The molecule has 6 nitrogen and oxygen atoms in total. The summed E-state index contributed by atoms with van der Waals surface area (Å²) in [4.78, 5) is 24.7. The molecule has 0 radical (unpaired) electrons. The molecule has 0 spiro atoms. The maximum atomic E-state index is 12.1. The molecular weight excluding hydrogens is 492 g/mol. The Morgan fingerprint density at radius 3 is 2.43 bits per heavy atom. The van der Waals surface area contributed by atoms with E-state index < -0.39 is 6.03 Å². The summed E-state index contributed by atoms with van der Waals surface area (Å²) in [7, 11) is 1.43. The van der Waals surface area contributed by atoms with Crippen molar-refractivity contribution in [2.24, 2.45) is 0 Å². The molecule has 0 bridgehead atoms. The fourth-order valence-corrected chi connectivity index (χ4v) is 3.44. The van der Waals surface area contributed by atoms with Gasteiger partial charge in [0.25, 0.3) is 5.91 Å². The van der Waals surface area contributed by atoms with Crippen LogP contribution in [0.3, 0.4) is 0 Å². The minimum Gasteiger partial charge on any atom is -0.490 e. The van der Waals surface area contributed by atoms with Crippen LogP contribution in [0.4, 0.5) is 4.79 Å². The van der Waals surface area contributed by atoms with Crippen molar-refractivity contribution in [2.75, 3.05) is 13.7 Å². The number of halogens is 2. The zero-order valence-electron chi connectivity index (χ0n) is 15.3. The van der Waals surface area contributed by atoms with Gasteiger partial charge in [0, 0.05) is 11.5 Å². The number of imide groups is 1. The van der Waals surface area contributed by atoms with Crippen LogP contribution in [0.5, 0.6) is 11.5 Å². The topological polar surface area (TPSA) is 67.9 Å². The highest BCUT2D eigenvalue weighted by molar-refractivity contribution is 9.10. The van der Waals surface area contributed by atoms with Crippen molar-refractivity contribution in [2.45, 2.75) is 13.5 Å². The molecule has 0 unspecified atom stereocenters. The molecule has 3 rings (SSSR count). The quantitative estimate of drug-likeness (QED) is 0.452. The molecule has 0 atom stereocenters. The number of amides is 3. The molecule has 28 heavy (non-hydrogen) atoms. The molecule has 2 aromatic carbocycles. The number of ether oxygens (including phenoxy) is 2. The number of hydrogen-bond acceptors (Lipinski definition) is 4. The Bertz CT molecular complexity index is 942. The minimum absolute atomic E-state index is 0.213. The molecule has 1 fully saturated rings. The summed E-state index contributed by atoms with van der Waals surface area (Å²) in [5.41, 5.74) is 1.93. The minimum atomic E-state index is -0.449. The number of carbonyl (C=O) groups is 2. The predicted molar refractivity (Wildman–Crippen MR) is 113 cm³/mol. The van der Waals surface area contributed by atoms with E-state index in [1.54, 1.807) is 12.1 Å². The van der Waals surface area contributed by atoms with E-state index in [0.717, 1.165) is 14.9 Å². The Kier molecular flexibility index (Phi) is 6.41. The maximum absolute atomic E-state index is 12.1. The van der Waals surface area contributed by atoms with Crippen molar-refractivity contribution in [3.05, 3.63) is 62.2 Å². The summed E-state index contributed by atoms with van der Waals surface area (Å²) in [6.45, 7) is 2.72. The highest BCUT2D eigenvalue weighted by atomic mass is 79.9. The first-order valence-electron chi connectivity index (χ1n) is 8.53. The third kappa shape index (κ3) is 4.56. The number of rotatable bonds is 6. The predicted octanol–water partition coefficient (Wildman–Crippen LogP) is 4.71. The molecular formula is C20H18Br2N2O4. The number of carbonyl (C=O) groups excluding carboxylic acids is 2. The van der Waals surface area contributed by atoms with Crippen LogP contribution in [0.2, 0.25) is 0 Å². The monoisotopic (exact) mass is 508 g/mol. The summed E-state index contributed by atoms with van der Waals surface area (Å²) in [6, 6.07) is 11.0. The van der Waals surface area contributed by atoms with E-state index in [1.165, 1.54) is 7.05 Å². The molecule has 0 aliphatic carbocycles. The lowest BCUT2D eigenvalue weighted by atomic mass is 10.1. The van der Waals surface area contributed by atoms with Crippen LogP contribution in [0.25, 0.3) is 6.08 Å². The summed E-state index contributed by atoms with van der Waals surface area (Å²) in [5.74, 6) is 0.742. The summed E-state index contributed by atoms with van der Waals surface area (Å²) < 4.78 is 13.4. The Labute approximate surface area is 179 Å². The molecule has 0 saturated carbocycles. The van der Waals surface area contributed by atoms with Gasteiger partial charge < -0.3 is 14.8 Å². The zero-order chi connectivity index (χ0) is 20.3. The van der Waals surface area contributed by atoms with Gasteiger partial charge in [-0.2, -0.15) is 0 Å². The average Bonchev–Trinajstić information content (AvgIpc) is 2.89. The molecule has 1 aliphatic rings. The van der Waals surface area contributed by atoms with Gasteiger partial charge in [-0.3, -0.25) is 9.69 Å². The smallest absolute Gasteiger partial charge is 0.328 e. The second-order valence-electron chi connectivity index (χ2n) is 6.03. The molecule has 0 aromatic heterocycles. The van der Waals surface area contributed by atoms with Gasteiger partial charge in [0.1, 0.15) is 12.3 Å². The molecule has 1 N–H and O–H groups in total. The standard InChI is InChI=1S/C20H18Br2N2O4/c1-3-27-17-10-13(9-16-19(25)24(2)20(26)23-16)8-15(22)18(17)28-11-12-4-6-14(21)7-5-12/h4-10H,3,11H2,1-2H3,(H,23,26)/b16-9+. The Balaban J connectivity index is 1.86. The zero-order valence-corrected chi connectivity index (χ0v) is 18.5. The number of nitrogens with zero attached hydrogens (tertiary/aromatic N) is 1. The molecule has 1 saturated heterocycles. The number of urea groups is 1. The third-order valence-electron chi connectivity index (χ3n) is 4.02. The van der Waals surface area contributed by atoms with Crippen LogP contribution < -0.4 is 14.8 Å². The van der Waals surface area contributed by atoms with E-state index in [1.807, 2.05) is 37.3 Å². The van der Waals surface area contributed by atoms with Crippen LogP contribution in [0, 0.1) is 0 Å². The molecule has 146 valence electrons. The van der Waals surface area contributed by atoms with E-state index in [9.17, 15) is 9.59 Å². The van der Waals surface area contributed by atoms with Crippen LogP contribution in [-0.2, 0) is 11.4 Å². The van der Waals surface area contributed by atoms with Crippen LogP contribution in [-0.4, -0.2) is 30.5 Å². The normalized spacial score (nSPS) is 15.1. The first kappa shape index (κ1) is 20.4. The van der Waals surface area contributed by atoms with Gasteiger partial charge in [-0.15, -0.1) is 0 Å². The molecule has 3 amide bonds. The van der Waals surface area contributed by atoms with E-state index in [-0.39, 0.29) is 11.6 Å². The van der Waals surface area contributed by atoms with Crippen molar-refractivity contribution >= 4 is 49.9 Å². The van der Waals surface area contributed by atoms with Gasteiger partial charge in [0.15, 0.2) is 11.5 Å². The van der Waals surface area contributed by atoms with Crippen molar-refractivity contribution in [3.63, 3.8) is 0 Å². The van der Waals surface area contributed by atoms with E-state index in [4.69, 9.17) is 9.47 Å². The SMILES string of the molecule is CCOc1cc(/C=C2/NC(=O)N(C)C2=O)cc(Br)c1OCc1ccc(Br)cc1. The molecule has 1 aliphatic heterocycles. The van der Waals surface area contributed by atoms with Crippen molar-refractivity contribution in [1.82, 2.24) is 10.2 Å². The highest BCUT2D eigenvalue weighted by Gasteiger charge is 2.30. The second-order valence-corrected chi connectivity index (χ2v) is 7.80. The van der Waals surface area contributed by atoms with Crippen LogP contribution >= 0.6 is 31.9 Å². The Hall–Kier alpha value is -2.32. The Morgan fingerprint density at radius 1 is 1.11 bits per heavy atom. The maximum Gasteiger partial charge on any atom is 0.328 e. The van der Waals surface area contributed by atoms with Crippen molar-refractivity contribution in [3.8, 4) is 11.5 Å². The molecule has 8 heteroatoms. The first-order chi connectivity index (χ1) is 13.4. The van der Waals surface area contributed by atoms with E-state index >= 15 is 0 Å². The second kappa shape index (κ2) is 8.79. The first-order valence-corrected chi connectivity index (χ1v) is 10.1. The van der Waals surface area contributed by atoms with E-state index in [0.29, 0.717) is 34.7 Å². The summed E-state index contributed by atoms with van der Waals surface area (Å²) >= 11 is 6.93. The Morgan fingerprint density at radius 2 is 1.82 bits per heavy atom. The van der Waals surface area contributed by atoms with Gasteiger partial charge in [-0.05, 0) is 64.3 Å². The van der Waals surface area contributed by atoms with Gasteiger partial charge in [0.05, 0.1) is 11.1 Å². The van der Waals surface area contributed by atoms with Crippen LogP contribution in [0.15, 0.2) is 51.0 Å². The van der Waals surface area contributed by atoms with Gasteiger partial charge >= 0.3 is 6.03 Å². The number of nitrogens with one attached hydrogen (secondary N) is 1. The largest absolute Gasteiger partial charge is 0.490 e. The lowest BCUT2D eigenvalue weighted by molar-refractivity contribution is -0.121. The van der Waals surface area contributed by atoms with Gasteiger partial charge in [0.2, 0.25) is 0 Å². The van der Waals surface area contributed by atoms with Crippen molar-refractivity contribution in [1.29, 1.82) is 0 Å². The fraction of sp³-hybridized carbons (Fsp3) is 0.200. The number of hydrogen-bond donors (Lipinski definition) is 1. The molecule has 1 heterocycles. The summed E-state index contributed by atoms with van der Waals surface area (Å²) in [5, 5.41) is 2.55. The number of likely N-dealkylation sites (N-methyl/N-ethyl adjacent to an activating group) is 1. The highest BCUT2D eigenvalue weighted by Crippen LogP contribution is 2.38. The van der Waals surface area contributed by atoms with Crippen LogP contribution in [0.1, 0.15) is 18.1 Å². The lowest BCUT2D eigenvalue weighted by Gasteiger charge is -2.15.